The second kappa shape index (κ2) is 6.18. The van der Waals surface area contributed by atoms with Crippen LogP contribution in [0.4, 0.5) is 5.69 Å². The van der Waals surface area contributed by atoms with Gasteiger partial charge in [0.05, 0.1) is 23.2 Å². The summed E-state index contributed by atoms with van der Waals surface area (Å²) in [5.41, 5.74) is -0.191. The average molecular weight is 355 g/mol. The van der Waals surface area contributed by atoms with Crippen molar-refractivity contribution in [2.24, 2.45) is 0 Å². The third-order valence-electron chi connectivity index (χ3n) is 4.01. The molecular formula is C19H17NO6. The fourth-order valence-corrected chi connectivity index (χ4v) is 2.76. The average Bonchev–Trinajstić information content (AvgIpc) is 2.55. The third-order valence-corrected chi connectivity index (χ3v) is 4.01. The van der Waals surface area contributed by atoms with E-state index in [9.17, 15) is 19.5 Å². The Morgan fingerprint density at radius 3 is 2.50 bits per heavy atom. The summed E-state index contributed by atoms with van der Waals surface area (Å²) in [4.78, 5) is 35.8. The molecule has 0 aromatic heterocycles. The van der Waals surface area contributed by atoms with Gasteiger partial charge in [0.25, 0.3) is 5.91 Å². The lowest BCUT2D eigenvalue weighted by Crippen LogP contribution is -2.36. The Balaban J connectivity index is 1.88. The van der Waals surface area contributed by atoms with E-state index in [1.165, 1.54) is 24.3 Å². The van der Waals surface area contributed by atoms with E-state index in [4.69, 9.17) is 9.84 Å². The zero-order valence-electron chi connectivity index (χ0n) is 14.2. The van der Waals surface area contributed by atoms with E-state index in [-0.39, 0.29) is 34.8 Å². The van der Waals surface area contributed by atoms with Gasteiger partial charge >= 0.3 is 5.97 Å². The van der Waals surface area contributed by atoms with E-state index in [1.54, 1.807) is 6.07 Å². The van der Waals surface area contributed by atoms with Gasteiger partial charge in [-0.3, -0.25) is 9.59 Å². The van der Waals surface area contributed by atoms with Crippen LogP contribution in [0, 0.1) is 0 Å². The molecule has 1 heterocycles. The van der Waals surface area contributed by atoms with Gasteiger partial charge in [-0.2, -0.15) is 0 Å². The highest BCUT2D eigenvalue weighted by atomic mass is 16.5. The summed E-state index contributed by atoms with van der Waals surface area (Å²) in [6.07, 6.45) is 0.201. The van der Waals surface area contributed by atoms with Crippen molar-refractivity contribution < 1.29 is 29.3 Å². The van der Waals surface area contributed by atoms with Crippen molar-refractivity contribution in [3.8, 4) is 11.5 Å². The molecular weight excluding hydrogens is 338 g/mol. The Kier molecular flexibility index (Phi) is 4.15. The molecule has 7 nitrogen and oxygen atoms in total. The number of hydrogen-bond donors (Lipinski definition) is 3. The van der Waals surface area contributed by atoms with E-state index < -0.39 is 17.5 Å². The second-order valence-corrected chi connectivity index (χ2v) is 6.66. The molecule has 2 aromatic carbocycles. The molecule has 3 rings (SSSR count). The molecule has 0 fully saturated rings. The zero-order valence-corrected chi connectivity index (χ0v) is 14.2. The number of Topliss-reactive ketones (excluding diaryl/α,β-unsaturated/α-hetero) is 1. The molecule has 0 saturated carbocycles. The van der Waals surface area contributed by atoms with Crippen LogP contribution in [0.3, 0.4) is 0 Å². The number of amides is 1. The number of phenols is 1. The van der Waals surface area contributed by atoms with Gasteiger partial charge in [0.2, 0.25) is 0 Å². The van der Waals surface area contributed by atoms with E-state index in [1.807, 2.05) is 13.8 Å². The molecule has 134 valence electrons. The minimum Gasteiger partial charge on any atom is -0.506 e. The normalized spacial score (nSPS) is 14.9. The zero-order chi connectivity index (χ0) is 19.1. The summed E-state index contributed by atoms with van der Waals surface area (Å²) in [5.74, 6) is -1.73. The summed E-state index contributed by atoms with van der Waals surface area (Å²) in [7, 11) is 0. The molecule has 0 unspecified atom stereocenters. The minimum absolute atomic E-state index is 0.0312. The van der Waals surface area contributed by atoms with E-state index in [0.717, 1.165) is 6.07 Å². The first kappa shape index (κ1) is 17.5. The van der Waals surface area contributed by atoms with Crippen LogP contribution in [0.5, 0.6) is 11.5 Å². The van der Waals surface area contributed by atoms with Gasteiger partial charge in [0.1, 0.15) is 17.1 Å². The van der Waals surface area contributed by atoms with E-state index >= 15 is 0 Å². The molecule has 0 aliphatic carbocycles. The Morgan fingerprint density at radius 1 is 1.12 bits per heavy atom. The molecule has 0 bridgehead atoms. The predicted molar refractivity (Wildman–Crippen MR) is 93.1 cm³/mol. The summed E-state index contributed by atoms with van der Waals surface area (Å²) >= 11 is 0. The number of aromatic carboxylic acids is 1. The number of nitrogens with one attached hydrogen (secondary N) is 1. The third kappa shape index (κ3) is 3.37. The van der Waals surface area contributed by atoms with Crippen molar-refractivity contribution in [1.82, 2.24) is 0 Å². The summed E-state index contributed by atoms with van der Waals surface area (Å²) in [5, 5.41) is 21.3. The number of hydrogen-bond acceptors (Lipinski definition) is 5. The summed E-state index contributed by atoms with van der Waals surface area (Å²) in [6, 6.07) is 8.05. The van der Waals surface area contributed by atoms with Crippen molar-refractivity contribution in [1.29, 1.82) is 0 Å². The highest BCUT2D eigenvalue weighted by molar-refractivity contribution is 6.08. The summed E-state index contributed by atoms with van der Waals surface area (Å²) < 4.78 is 5.75. The van der Waals surface area contributed by atoms with Gasteiger partial charge in [-0.1, -0.05) is 0 Å². The highest BCUT2D eigenvalue weighted by Gasteiger charge is 2.32. The van der Waals surface area contributed by atoms with Gasteiger partial charge in [0, 0.05) is 5.56 Å². The molecule has 1 aliphatic heterocycles. The van der Waals surface area contributed by atoms with Crippen LogP contribution >= 0.6 is 0 Å². The molecule has 1 amide bonds. The lowest BCUT2D eigenvalue weighted by molar-refractivity contribution is 0.0618. The number of ketones is 1. The lowest BCUT2D eigenvalue weighted by atomic mass is 9.92. The van der Waals surface area contributed by atoms with Gasteiger partial charge in [0.15, 0.2) is 5.78 Å². The predicted octanol–water partition coefficient (Wildman–Crippen LogP) is 3.09. The standard InChI is InChI=1S/C19H17NO6/c1-19(2)9-15(22)12-7-10(4-6-16(12)26-19)17(23)20-13-8-11(18(24)25)3-5-14(13)21/h3-8,21H,9H2,1-2H3,(H,20,23)(H,24,25). The number of anilines is 1. The monoisotopic (exact) mass is 355 g/mol. The van der Waals surface area contributed by atoms with Crippen LogP contribution in [-0.4, -0.2) is 33.5 Å². The van der Waals surface area contributed by atoms with Crippen molar-refractivity contribution in [3.63, 3.8) is 0 Å². The first-order valence-electron chi connectivity index (χ1n) is 7.90. The molecule has 1 aliphatic rings. The molecule has 0 atom stereocenters. The van der Waals surface area contributed by atoms with Crippen molar-refractivity contribution in [3.05, 3.63) is 53.1 Å². The van der Waals surface area contributed by atoms with Crippen LogP contribution in [0.15, 0.2) is 36.4 Å². The van der Waals surface area contributed by atoms with E-state index in [2.05, 4.69) is 5.32 Å². The van der Waals surface area contributed by atoms with Crippen LogP contribution in [0.1, 0.15) is 51.3 Å². The number of phenolic OH excluding ortho intramolecular Hbond substituents is 1. The number of fused-ring (bicyclic) bond motifs is 1. The van der Waals surface area contributed by atoms with Crippen LogP contribution < -0.4 is 10.1 Å². The second-order valence-electron chi connectivity index (χ2n) is 6.66. The Morgan fingerprint density at radius 2 is 1.81 bits per heavy atom. The van der Waals surface area contributed by atoms with Crippen LogP contribution in [0.2, 0.25) is 0 Å². The minimum atomic E-state index is -1.18. The topological polar surface area (TPSA) is 113 Å². The van der Waals surface area contributed by atoms with Crippen LogP contribution in [0.25, 0.3) is 0 Å². The lowest BCUT2D eigenvalue weighted by Gasteiger charge is -2.31. The molecule has 0 saturated heterocycles. The Hall–Kier alpha value is -3.35. The Labute approximate surface area is 149 Å². The molecule has 26 heavy (non-hydrogen) atoms. The Bertz CT molecular complexity index is 932. The molecule has 0 spiro atoms. The van der Waals surface area contributed by atoms with Gasteiger partial charge < -0.3 is 20.3 Å². The molecule has 7 heteroatoms. The van der Waals surface area contributed by atoms with Gasteiger partial charge in [-0.25, -0.2) is 4.79 Å². The molecule has 0 radical (unpaired) electrons. The summed E-state index contributed by atoms with van der Waals surface area (Å²) in [6.45, 7) is 3.62. The van der Waals surface area contributed by atoms with E-state index in [0.29, 0.717) is 11.3 Å². The number of benzene rings is 2. The van der Waals surface area contributed by atoms with Crippen LogP contribution in [-0.2, 0) is 0 Å². The number of aromatic hydroxyl groups is 1. The fraction of sp³-hybridized carbons (Fsp3) is 0.211. The van der Waals surface area contributed by atoms with Crippen molar-refractivity contribution >= 4 is 23.3 Å². The maximum atomic E-state index is 12.4. The SMILES string of the molecule is CC1(C)CC(=O)c2cc(C(=O)Nc3cc(C(=O)O)ccc3O)ccc2O1. The highest BCUT2D eigenvalue weighted by Crippen LogP contribution is 2.34. The number of carbonyl (C=O) groups excluding carboxylic acids is 2. The van der Waals surface area contributed by atoms with Crippen molar-refractivity contribution in [2.75, 3.05) is 5.32 Å². The first-order valence-corrected chi connectivity index (χ1v) is 7.90. The van der Waals surface area contributed by atoms with Gasteiger partial charge in [-0.05, 0) is 50.2 Å². The number of carboxylic acid groups (broad SMARTS) is 1. The largest absolute Gasteiger partial charge is 0.506 e. The number of carbonyl (C=O) groups is 3. The first-order chi connectivity index (χ1) is 12.2. The van der Waals surface area contributed by atoms with Crippen molar-refractivity contribution in [2.45, 2.75) is 25.9 Å². The number of carboxylic acids is 1. The smallest absolute Gasteiger partial charge is 0.335 e. The maximum absolute atomic E-state index is 12.4. The molecule has 2 aromatic rings. The fourth-order valence-electron chi connectivity index (χ4n) is 2.76. The quantitative estimate of drug-likeness (QED) is 0.729. The maximum Gasteiger partial charge on any atom is 0.335 e. The number of rotatable bonds is 3. The molecule has 3 N–H and O–H groups in total. The number of ether oxygens (including phenoxy) is 1. The van der Waals surface area contributed by atoms with Gasteiger partial charge in [-0.15, -0.1) is 0 Å².